The number of pyridine rings is 1. The second kappa shape index (κ2) is 8.51. The predicted octanol–water partition coefficient (Wildman–Crippen LogP) is 6.21. The lowest BCUT2D eigenvalue weighted by molar-refractivity contribution is 0.0919. The highest BCUT2D eigenvalue weighted by Crippen LogP contribution is 2.25. The molecule has 0 bridgehead atoms. The number of aromatic nitrogens is 1. The Bertz CT molecular complexity index is 824. The minimum Gasteiger partial charge on any atom is -0.347 e. The van der Waals surface area contributed by atoms with Gasteiger partial charge in [0, 0.05) is 16.7 Å². The van der Waals surface area contributed by atoms with Crippen LogP contribution in [-0.4, -0.2) is 16.4 Å². The SMILES string of the molecule is CC/C=C(\C)c1cc(C(=O)NC(C)(C)C)cc(-c2ccc(C(C)C)cc2)n1. The molecule has 144 valence electrons. The van der Waals surface area contributed by atoms with Crippen LogP contribution in [0.25, 0.3) is 16.8 Å². The van der Waals surface area contributed by atoms with E-state index in [1.54, 1.807) is 0 Å². The molecule has 1 heterocycles. The summed E-state index contributed by atoms with van der Waals surface area (Å²) in [6.45, 7) is 14.5. The number of carbonyl (C=O) groups excluding carboxylic acids is 1. The summed E-state index contributed by atoms with van der Waals surface area (Å²) < 4.78 is 0. The number of hydrogen-bond donors (Lipinski definition) is 1. The van der Waals surface area contributed by atoms with E-state index in [0.717, 1.165) is 28.9 Å². The van der Waals surface area contributed by atoms with Crippen LogP contribution < -0.4 is 5.32 Å². The summed E-state index contributed by atoms with van der Waals surface area (Å²) in [4.78, 5) is 17.6. The maximum Gasteiger partial charge on any atom is 0.251 e. The van der Waals surface area contributed by atoms with E-state index in [0.29, 0.717) is 11.5 Å². The number of rotatable bonds is 5. The Balaban J connectivity index is 2.52. The summed E-state index contributed by atoms with van der Waals surface area (Å²) in [5.41, 5.74) is 5.43. The molecule has 2 rings (SSSR count). The molecular formula is C24H32N2O. The van der Waals surface area contributed by atoms with E-state index in [-0.39, 0.29) is 11.4 Å². The summed E-state index contributed by atoms with van der Waals surface area (Å²) in [5.74, 6) is 0.414. The van der Waals surface area contributed by atoms with Crippen LogP contribution in [0.2, 0.25) is 0 Å². The van der Waals surface area contributed by atoms with Crippen molar-refractivity contribution in [2.45, 2.75) is 66.3 Å². The first-order valence-corrected chi connectivity index (χ1v) is 9.72. The average molecular weight is 365 g/mol. The van der Waals surface area contributed by atoms with Crippen LogP contribution in [0.3, 0.4) is 0 Å². The first kappa shape index (κ1) is 20.9. The van der Waals surface area contributed by atoms with E-state index >= 15 is 0 Å². The molecule has 0 unspecified atom stereocenters. The largest absolute Gasteiger partial charge is 0.347 e. The summed E-state index contributed by atoms with van der Waals surface area (Å²) >= 11 is 0. The van der Waals surface area contributed by atoms with Gasteiger partial charge in [0.2, 0.25) is 0 Å². The molecule has 1 N–H and O–H groups in total. The van der Waals surface area contributed by atoms with Crippen molar-refractivity contribution < 1.29 is 4.79 Å². The zero-order valence-electron chi connectivity index (χ0n) is 17.7. The van der Waals surface area contributed by atoms with Crippen molar-refractivity contribution in [3.8, 4) is 11.3 Å². The molecule has 0 aliphatic heterocycles. The standard InChI is InChI=1S/C24H32N2O/c1-8-9-17(4)21-14-20(23(27)26-24(5,6)7)15-22(25-21)19-12-10-18(11-13-19)16(2)3/h9-16H,8H2,1-7H3,(H,26,27)/b17-9+. The lowest BCUT2D eigenvalue weighted by atomic mass is 9.99. The van der Waals surface area contributed by atoms with Crippen molar-refractivity contribution in [1.29, 1.82) is 0 Å². The van der Waals surface area contributed by atoms with Crippen molar-refractivity contribution in [2.24, 2.45) is 0 Å². The van der Waals surface area contributed by atoms with Crippen LogP contribution >= 0.6 is 0 Å². The third kappa shape index (κ3) is 5.78. The normalized spacial score (nSPS) is 12.4. The fourth-order valence-corrected chi connectivity index (χ4v) is 2.87. The van der Waals surface area contributed by atoms with E-state index in [1.165, 1.54) is 5.56 Å². The number of benzene rings is 1. The highest BCUT2D eigenvalue weighted by Gasteiger charge is 2.17. The van der Waals surface area contributed by atoms with Crippen LogP contribution in [0, 0.1) is 0 Å². The number of amides is 1. The summed E-state index contributed by atoms with van der Waals surface area (Å²) in [6.07, 6.45) is 3.07. The smallest absolute Gasteiger partial charge is 0.251 e. The molecule has 1 amide bonds. The number of carbonyl (C=O) groups is 1. The molecule has 0 saturated carbocycles. The summed E-state index contributed by atoms with van der Waals surface area (Å²) in [6, 6.07) is 12.2. The molecule has 0 atom stereocenters. The van der Waals surface area contributed by atoms with Crippen LogP contribution in [0.4, 0.5) is 0 Å². The fourth-order valence-electron chi connectivity index (χ4n) is 2.87. The third-order valence-electron chi connectivity index (χ3n) is 4.36. The maximum atomic E-state index is 12.8. The van der Waals surface area contributed by atoms with Gasteiger partial charge in [-0.15, -0.1) is 0 Å². The molecule has 0 aliphatic carbocycles. The molecule has 0 radical (unpaired) electrons. The molecule has 1 aromatic heterocycles. The van der Waals surface area contributed by atoms with E-state index in [1.807, 2.05) is 39.8 Å². The lowest BCUT2D eigenvalue weighted by Gasteiger charge is -2.21. The second-order valence-electron chi connectivity index (χ2n) is 8.40. The van der Waals surface area contributed by atoms with Crippen LogP contribution in [0.1, 0.15) is 82.4 Å². The highest BCUT2D eigenvalue weighted by atomic mass is 16.1. The van der Waals surface area contributed by atoms with Crippen molar-refractivity contribution in [3.63, 3.8) is 0 Å². The Morgan fingerprint density at radius 2 is 1.78 bits per heavy atom. The van der Waals surface area contributed by atoms with E-state index in [9.17, 15) is 4.79 Å². The van der Waals surface area contributed by atoms with Gasteiger partial charge in [-0.25, -0.2) is 4.98 Å². The van der Waals surface area contributed by atoms with Gasteiger partial charge >= 0.3 is 0 Å². The van der Waals surface area contributed by atoms with Crippen LogP contribution in [0.5, 0.6) is 0 Å². The maximum absolute atomic E-state index is 12.8. The minimum absolute atomic E-state index is 0.0736. The molecule has 0 spiro atoms. The Morgan fingerprint density at radius 3 is 2.30 bits per heavy atom. The summed E-state index contributed by atoms with van der Waals surface area (Å²) in [5, 5.41) is 3.05. The van der Waals surface area contributed by atoms with Gasteiger partial charge in [-0.3, -0.25) is 4.79 Å². The minimum atomic E-state index is -0.284. The Labute approximate surface area is 163 Å². The molecule has 0 fully saturated rings. The van der Waals surface area contributed by atoms with Gasteiger partial charge < -0.3 is 5.32 Å². The first-order chi connectivity index (χ1) is 12.6. The number of allylic oxidation sites excluding steroid dienone is 2. The zero-order valence-corrected chi connectivity index (χ0v) is 17.7. The molecule has 0 saturated heterocycles. The second-order valence-corrected chi connectivity index (χ2v) is 8.40. The van der Waals surface area contributed by atoms with Gasteiger partial charge in [-0.2, -0.15) is 0 Å². The molecule has 3 heteroatoms. The molecule has 1 aromatic carbocycles. The van der Waals surface area contributed by atoms with Gasteiger partial charge in [-0.05, 0) is 63.3 Å². The third-order valence-corrected chi connectivity index (χ3v) is 4.36. The quantitative estimate of drug-likeness (QED) is 0.685. The van der Waals surface area contributed by atoms with Crippen molar-refractivity contribution in [1.82, 2.24) is 10.3 Å². The van der Waals surface area contributed by atoms with Gasteiger partial charge in [0.1, 0.15) is 0 Å². The van der Waals surface area contributed by atoms with Crippen LogP contribution in [0.15, 0.2) is 42.5 Å². The van der Waals surface area contributed by atoms with E-state index in [4.69, 9.17) is 4.98 Å². The lowest BCUT2D eigenvalue weighted by Crippen LogP contribution is -2.40. The zero-order chi connectivity index (χ0) is 20.2. The number of nitrogens with one attached hydrogen (secondary N) is 1. The Morgan fingerprint density at radius 1 is 1.15 bits per heavy atom. The average Bonchev–Trinajstić information content (AvgIpc) is 2.60. The van der Waals surface area contributed by atoms with Gasteiger partial charge in [0.05, 0.1) is 11.4 Å². The predicted molar refractivity (Wildman–Crippen MR) is 115 cm³/mol. The molecule has 0 aliphatic rings. The molecular weight excluding hydrogens is 332 g/mol. The molecule has 2 aromatic rings. The van der Waals surface area contributed by atoms with Gasteiger partial charge in [0.15, 0.2) is 0 Å². The highest BCUT2D eigenvalue weighted by molar-refractivity contribution is 5.96. The summed E-state index contributed by atoms with van der Waals surface area (Å²) in [7, 11) is 0. The van der Waals surface area contributed by atoms with Gasteiger partial charge in [-0.1, -0.05) is 51.1 Å². The first-order valence-electron chi connectivity index (χ1n) is 9.72. The van der Waals surface area contributed by atoms with E-state index in [2.05, 4.69) is 56.4 Å². The topological polar surface area (TPSA) is 42.0 Å². The Hall–Kier alpha value is -2.42. The number of nitrogens with zero attached hydrogens (tertiary/aromatic N) is 1. The van der Waals surface area contributed by atoms with Crippen molar-refractivity contribution in [2.75, 3.05) is 0 Å². The monoisotopic (exact) mass is 364 g/mol. The van der Waals surface area contributed by atoms with Crippen molar-refractivity contribution in [3.05, 3.63) is 59.3 Å². The molecule has 3 nitrogen and oxygen atoms in total. The number of hydrogen-bond acceptors (Lipinski definition) is 2. The van der Waals surface area contributed by atoms with E-state index < -0.39 is 0 Å². The molecule has 27 heavy (non-hydrogen) atoms. The fraction of sp³-hybridized carbons (Fsp3) is 0.417. The Kier molecular flexibility index (Phi) is 6.59. The van der Waals surface area contributed by atoms with Crippen molar-refractivity contribution >= 4 is 11.5 Å². The van der Waals surface area contributed by atoms with Crippen LogP contribution in [-0.2, 0) is 0 Å². The van der Waals surface area contributed by atoms with Gasteiger partial charge in [0.25, 0.3) is 5.91 Å².